The Morgan fingerprint density at radius 1 is 0.264 bits per heavy atom. The molecule has 0 saturated heterocycles. The van der Waals surface area contributed by atoms with Crippen molar-refractivity contribution in [3.8, 4) is 0 Å². The molecule has 17 nitrogen and oxygen atoms in total. The molecule has 5 atom stereocenters. The fourth-order valence-electron chi connectivity index (χ4n) is 11.0. The first kappa shape index (κ1) is 89.1. The SMILES string of the molecule is CCCCCCCCCCCCCCCCCCCCCCCC(=O)O[C@H](COC(=O)CCCCCCCCCCCCCCCCCCCCCC)COP(=O)(O)OC[C@@H](O)COP(=O)(O)OC[C@@H](COC(=O)CCCCCCC)OC(=O)CCCCCCC. The molecule has 0 amide bonds. The standard InChI is InChI=1S/C72H140O17P2/c1-5-9-13-17-19-21-23-25-27-29-31-33-35-37-39-41-43-45-47-51-55-59-72(77)89-68(63-83-70(75)57-53-50-46-44-42-40-38-36-34-32-30-28-26-24-22-20-18-14-10-6-2)65-87-91(80,81)85-61-66(73)60-84-90(78,79)86-64-67(88-71(76)58-54-49-16-12-8-4)62-82-69(74)56-52-48-15-11-7-3/h66-68,73H,5-65H2,1-4H3,(H,78,79)(H,80,81)/t66-,67+,68+/m0/s1. The summed E-state index contributed by atoms with van der Waals surface area (Å²) in [6.07, 6.45) is 56.7. The van der Waals surface area contributed by atoms with Gasteiger partial charge in [0.05, 0.1) is 26.4 Å². The Labute approximate surface area is 556 Å². The van der Waals surface area contributed by atoms with Crippen molar-refractivity contribution in [2.75, 3.05) is 39.6 Å². The molecular formula is C72H140O17P2. The lowest BCUT2D eigenvalue weighted by molar-refractivity contribution is -0.161. The van der Waals surface area contributed by atoms with Gasteiger partial charge in [0.1, 0.15) is 19.3 Å². The normalized spacial score (nSPS) is 14.0. The molecule has 0 bridgehead atoms. The molecule has 0 aromatic carbocycles. The van der Waals surface area contributed by atoms with E-state index in [-0.39, 0.29) is 25.7 Å². The molecule has 0 aromatic rings. The summed E-state index contributed by atoms with van der Waals surface area (Å²) in [4.78, 5) is 72.0. The first-order valence-corrected chi connectivity index (χ1v) is 40.8. The summed E-state index contributed by atoms with van der Waals surface area (Å²) in [7, 11) is -9.88. The smallest absolute Gasteiger partial charge is 0.462 e. The zero-order chi connectivity index (χ0) is 66.8. The summed E-state index contributed by atoms with van der Waals surface area (Å²) in [5.41, 5.74) is 0. The van der Waals surface area contributed by atoms with Crippen molar-refractivity contribution in [1.82, 2.24) is 0 Å². The third-order valence-corrected chi connectivity index (χ3v) is 18.8. The molecule has 3 N–H and O–H groups in total. The second-order valence-electron chi connectivity index (χ2n) is 26.0. The van der Waals surface area contributed by atoms with E-state index in [9.17, 15) is 43.2 Å². The molecule has 0 spiro atoms. The Kier molecular flexibility index (Phi) is 65.2. The number of hydrogen-bond donors (Lipinski definition) is 3. The van der Waals surface area contributed by atoms with E-state index in [1.807, 2.05) is 0 Å². The van der Waals surface area contributed by atoms with E-state index in [1.165, 1.54) is 205 Å². The minimum Gasteiger partial charge on any atom is -0.462 e. The van der Waals surface area contributed by atoms with E-state index in [2.05, 4.69) is 27.7 Å². The van der Waals surface area contributed by atoms with Crippen LogP contribution >= 0.6 is 15.6 Å². The number of hydrogen-bond acceptors (Lipinski definition) is 15. The molecule has 540 valence electrons. The minimum atomic E-state index is -4.95. The van der Waals surface area contributed by atoms with Gasteiger partial charge in [0.25, 0.3) is 0 Å². The molecule has 19 heteroatoms. The van der Waals surface area contributed by atoms with E-state index in [4.69, 9.17) is 37.0 Å². The molecule has 2 unspecified atom stereocenters. The highest BCUT2D eigenvalue weighted by Crippen LogP contribution is 2.45. The van der Waals surface area contributed by atoms with E-state index >= 15 is 0 Å². The van der Waals surface area contributed by atoms with Crippen molar-refractivity contribution >= 4 is 39.5 Å². The van der Waals surface area contributed by atoms with Gasteiger partial charge >= 0.3 is 39.5 Å². The Morgan fingerprint density at radius 3 is 0.648 bits per heavy atom. The molecular weight excluding hydrogens is 1200 g/mol. The maximum Gasteiger partial charge on any atom is 0.472 e. The topological polar surface area (TPSA) is 237 Å². The zero-order valence-electron chi connectivity index (χ0n) is 58.8. The third kappa shape index (κ3) is 66.5. The number of unbranched alkanes of at least 4 members (excludes halogenated alkanes) is 47. The van der Waals surface area contributed by atoms with Crippen LogP contribution < -0.4 is 0 Å². The number of rotatable bonds is 73. The molecule has 91 heavy (non-hydrogen) atoms. The quantitative estimate of drug-likeness (QED) is 0.0222. The highest BCUT2D eigenvalue weighted by atomic mass is 31.2. The lowest BCUT2D eigenvalue weighted by atomic mass is 10.0. The fourth-order valence-corrected chi connectivity index (χ4v) is 12.6. The van der Waals surface area contributed by atoms with Crippen LogP contribution in [-0.4, -0.2) is 96.7 Å². The van der Waals surface area contributed by atoms with Gasteiger partial charge in [-0.2, -0.15) is 0 Å². The number of carbonyl (C=O) groups is 4. The molecule has 0 rings (SSSR count). The van der Waals surface area contributed by atoms with Crippen molar-refractivity contribution in [1.29, 1.82) is 0 Å². The van der Waals surface area contributed by atoms with Crippen molar-refractivity contribution in [2.45, 2.75) is 399 Å². The van der Waals surface area contributed by atoms with Crippen LogP contribution in [0, 0.1) is 0 Å². The Morgan fingerprint density at radius 2 is 0.440 bits per heavy atom. The van der Waals surface area contributed by atoms with E-state index in [1.54, 1.807) is 0 Å². The summed E-state index contributed by atoms with van der Waals surface area (Å²) in [5, 5.41) is 10.5. The molecule has 0 aromatic heterocycles. The summed E-state index contributed by atoms with van der Waals surface area (Å²) in [6.45, 7) is 4.76. The predicted octanol–water partition coefficient (Wildman–Crippen LogP) is 21.1. The van der Waals surface area contributed by atoms with Gasteiger partial charge in [0, 0.05) is 25.7 Å². The lowest BCUT2D eigenvalue weighted by Gasteiger charge is -2.21. The number of carbonyl (C=O) groups excluding carboxylic acids is 4. The van der Waals surface area contributed by atoms with Crippen LogP contribution in [0.25, 0.3) is 0 Å². The van der Waals surface area contributed by atoms with Gasteiger partial charge in [-0.05, 0) is 25.7 Å². The van der Waals surface area contributed by atoms with Gasteiger partial charge in [0.15, 0.2) is 12.2 Å². The number of phosphoric acid groups is 2. The molecule has 0 aliphatic rings. The molecule has 0 fully saturated rings. The van der Waals surface area contributed by atoms with Crippen LogP contribution in [-0.2, 0) is 65.4 Å². The highest BCUT2D eigenvalue weighted by molar-refractivity contribution is 7.47. The zero-order valence-corrected chi connectivity index (χ0v) is 60.6. The average molecular weight is 1340 g/mol. The average Bonchev–Trinajstić information content (AvgIpc) is 3.74. The fraction of sp³-hybridized carbons (Fsp3) is 0.944. The second kappa shape index (κ2) is 66.7. The number of aliphatic hydroxyl groups is 1. The van der Waals surface area contributed by atoms with Crippen LogP contribution in [0.2, 0.25) is 0 Å². The van der Waals surface area contributed by atoms with Gasteiger partial charge in [-0.3, -0.25) is 37.3 Å². The Hall–Kier alpha value is -1.94. The van der Waals surface area contributed by atoms with Gasteiger partial charge < -0.3 is 33.8 Å². The van der Waals surface area contributed by atoms with Gasteiger partial charge in [-0.1, -0.05) is 329 Å². The maximum absolute atomic E-state index is 13.1. The van der Waals surface area contributed by atoms with Crippen molar-refractivity contribution < 1.29 is 80.2 Å². The van der Waals surface area contributed by atoms with Crippen LogP contribution in [0.5, 0.6) is 0 Å². The predicted molar refractivity (Wildman–Crippen MR) is 368 cm³/mol. The van der Waals surface area contributed by atoms with E-state index in [0.29, 0.717) is 25.7 Å². The van der Waals surface area contributed by atoms with E-state index < -0.39 is 97.5 Å². The minimum absolute atomic E-state index is 0.0994. The highest BCUT2D eigenvalue weighted by Gasteiger charge is 2.30. The molecule has 0 saturated carbocycles. The van der Waals surface area contributed by atoms with E-state index in [0.717, 1.165) is 96.3 Å². The molecule has 0 heterocycles. The number of ether oxygens (including phenoxy) is 4. The van der Waals surface area contributed by atoms with Crippen LogP contribution in [0.1, 0.15) is 381 Å². The second-order valence-corrected chi connectivity index (χ2v) is 28.9. The van der Waals surface area contributed by atoms with Crippen LogP contribution in [0.4, 0.5) is 0 Å². The number of phosphoric ester groups is 2. The molecule has 0 aliphatic heterocycles. The van der Waals surface area contributed by atoms with Gasteiger partial charge in [-0.25, -0.2) is 9.13 Å². The van der Waals surface area contributed by atoms with Crippen LogP contribution in [0.3, 0.4) is 0 Å². The number of aliphatic hydroxyl groups excluding tert-OH is 1. The summed E-state index contributed by atoms with van der Waals surface area (Å²) >= 11 is 0. The van der Waals surface area contributed by atoms with Crippen molar-refractivity contribution in [2.24, 2.45) is 0 Å². The third-order valence-electron chi connectivity index (χ3n) is 16.9. The van der Waals surface area contributed by atoms with Crippen LogP contribution in [0.15, 0.2) is 0 Å². The Balaban J connectivity index is 5.01. The maximum atomic E-state index is 13.1. The van der Waals surface area contributed by atoms with Gasteiger partial charge in [-0.15, -0.1) is 0 Å². The first-order chi connectivity index (χ1) is 44.2. The Bertz CT molecular complexity index is 1740. The van der Waals surface area contributed by atoms with Crippen molar-refractivity contribution in [3.63, 3.8) is 0 Å². The van der Waals surface area contributed by atoms with Gasteiger partial charge in [0.2, 0.25) is 0 Å². The monoisotopic (exact) mass is 1340 g/mol. The summed E-state index contributed by atoms with van der Waals surface area (Å²) in [6, 6.07) is 0. The molecule has 0 aliphatic carbocycles. The first-order valence-electron chi connectivity index (χ1n) is 37.8. The molecule has 0 radical (unpaired) electrons. The lowest BCUT2D eigenvalue weighted by Crippen LogP contribution is -2.30. The summed E-state index contributed by atoms with van der Waals surface area (Å²) in [5.74, 6) is -2.14. The largest absolute Gasteiger partial charge is 0.472 e. The van der Waals surface area contributed by atoms with Crippen molar-refractivity contribution in [3.05, 3.63) is 0 Å². The summed E-state index contributed by atoms with van der Waals surface area (Å²) < 4.78 is 67.8. The number of esters is 4.